The van der Waals surface area contributed by atoms with Gasteiger partial charge in [-0.2, -0.15) is 0 Å². The summed E-state index contributed by atoms with van der Waals surface area (Å²) in [5.74, 6) is -0.293. The summed E-state index contributed by atoms with van der Waals surface area (Å²) in [4.78, 5) is 24.9. The molecule has 2 saturated heterocycles. The molecule has 2 N–H and O–H groups in total. The fourth-order valence-corrected chi connectivity index (χ4v) is 3.75. The average molecular weight is 316 g/mol. The predicted molar refractivity (Wildman–Crippen MR) is 83.1 cm³/mol. The molecule has 0 aromatic heterocycles. The Kier molecular flexibility index (Phi) is 3.58. The molecule has 2 atom stereocenters. The maximum atomic E-state index is 12.5. The van der Waals surface area contributed by atoms with Crippen molar-refractivity contribution >= 4 is 17.6 Å². The van der Waals surface area contributed by atoms with Crippen molar-refractivity contribution in [1.29, 1.82) is 0 Å². The van der Waals surface area contributed by atoms with Crippen LogP contribution in [0.4, 0.5) is 5.69 Å². The molecule has 3 aliphatic rings. The third kappa shape index (κ3) is 2.42. The lowest BCUT2D eigenvalue weighted by atomic mass is 9.79. The smallest absolute Gasteiger partial charge is 0.323 e. The summed E-state index contributed by atoms with van der Waals surface area (Å²) >= 11 is 0. The maximum Gasteiger partial charge on any atom is 0.323 e. The summed E-state index contributed by atoms with van der Waals surface area (Å²) in [5, 5.41) is 6.11. The number of carbonyl (C=O) groups excluding carboxylic acids is 2. The number of benzene rings is 1. The highest BCUT2D eigenvalue weighted by atomic mass is 16.6. The number of amides is 1. The number of hydrogen-bond donors (Lipinski definition) is 2. The van der Waals surface area contributed by atoms with Gasteiger partial charge in [-0.1, -0.05) is 18.2 Å². The molecule has 0 unspecified atom stereocenters. The quantitative estimate of drug-likeness (QED) is 0.795. The van der Waals surface area contributed by atoms with Crippen molar-refractivity contribution < 1.29 is 19.1 Å². The normalized spacial score (nSPS) is 30.3. The molecular weight excluding hydrogens is 296 g/mol. The summed E-state index contributed by atoms with van der Waals surface area (Å²) in [6, 6.07) is 7.25. The molecule has 6 nitrogen and oxygen atoms in total. The number of ether oxygens (including phenoxy) is 2. The minimum atomic E-state index is -0.657. The van der Waals surface area contributed by atoms with Crippen molar-refractivity contribution in [3.8, 4) is 0 Å². The topological polar surface area (TPSA) is 76.7 Å². The first-order chi connectivity index (χ1) is 11.2. The van der Waals surface area contributed by atoms with Crippen LogP contribution < -0.4 is 10.6 Å². The molecule has 122 valence electrons. The zero-order valence-corrected chi connectivity index (χ0v) is 12.8. The minimum absolute atomic E-state index is 0.0347. The molecule has 0 saturated carbocycles. The van der Waals surface area contributed by atoms with E-state index in [2.05, 4.69) is 10.6 Å². The van der Waals surface area contributed by atoms with E-state index in [9.17, 15) is 9.59 Å². The van der Waals surface area contributed by atoms with Crippen LogP contribution in [-0.2, 0) is 24.5 Å². The first-order valence-corrected chi connectivity index (χ1v) is 8.12. The Labute approximate surface area is 134 Å². The number of hydrogen-bond acceptors (Lipinski definition) is 5. The van der Waals surface area contributed by atoms with Crippen LogP contribution in [0.5, 0.6) is 0 Å². The Bertz CT molecular complexity index is 641. The van der Waals surface area contributed by atoms with Gasteiger partial charge in [0.1, 0.15) is 12.1 Å². The zero-order valence-electron chi connectivity index (χ0n) is 12.8. The molecule has 1 aromatic rings. The number of nitrogens with one attached hydrogen (secondary N) is 2. The number of anilines is 1. The van der Waals surface area contributed by atoms with E-state index in [-0.39, 0.29) is 18.0 Å². The van der Waals surface area contributed by atoms with Gasteiger partial charge in [-0.25, -0.2) is 0 Å². The first kappa shape index (κ1) is 14.7. The van der Waals surface area contributed by atoms with E-state index in [1.54, 1.807) is 0 Å². The maximum absolute atomic E-state index is 12.5. The van der Waals surface area contributed by atoms with Crippen molar-refractivity contribution in [2.75, 3.05) is 25.1 Å². The van der Waals surface area contributed by atoms with Crippen LogP contribution in [0.25, 0.3) is 0 Å². The lowest BCUT2D eigenvalue weighted by Gasteiger charge is -2.24. The van der Waals surface area contributed by atoms with E-state index >= 15 is 0 Å². The van der Waals surface area contributed by atoms with E-state index < -0.39 is 11.5 Å². The number of carbonyl (C=O) groups is 2. The summed E-state index contributed by atoms with van der Waals surface area (Å²) in [7, 11) is 0. The highest BCUT2D eigenvalue weighted by Gasteiger charge is 2.53. The standard InChI is InChI=1S/C17H20N2O4/c20-15(23-11-5-7-22-8-6-11)14-9-17(10-18-14)12-3-1-2-4-13(12)19-16(17)21/h1-4,11,14,18H,5-10H2,(H,19,21)/t14-,17-/m1/s1. The monoisotopic (exact) mass is 316 g/mol. The van der Waals surface area contributed by atoms with Crippen LogP contribution in [0.15, 0.2) is 24.3 Å². The van der Waals surface area contributed by atoms with E-state index in [1.165, 1.54) is 0 Å². The third-order valence-electron chi connectivity index (χ3n) is 5.06. The highest BCUT2D eigenvalue weighted by molar-refractivity contribution is 6.07. The fraction of sp³-hybridized carbons (Fsp3) is 0.529. The zero-order chi connectivity index (χ0) is 15.9. The molecule has 4 rings (SSSR count). The predicted octanol–water partition coefficient (Wildman–Crippen LogP) is 0.961. The SMILES string of the molecule is O=C(OC1CCOCC1)[C@H]1C[C@]2(CN1)C(=O)Nc1ccccc12. The lowest BCUT2D eigenvalue weighted by Crippen LogP contribution is -2.36. The van der Waals surface area contributed by atoms with Crippen molar-refractivity contribution in [1.82, 2.24) is 5.32 Å². The summed E-state index contributed by atoms with van der Waals surface area (Å²) in [6.45, 7) is 1.73. The molecule has 0 aliphatic carbocycles. The van der Waals surface area contributed by atoms with Gasteiger partial charge in [0.05, 0.1) is 18.6 Å². The van der Waals surface area contributed by atoms with E-state index in [0.29, 0.717) is 26.2 Å². The minimum Gasteiger partial charge on any atom is -0.461 e. The number of esters is 1. The van der Waals surface area contributed by atoms with Crippen LogP contribution in [0, 0.1) is 0 Å². The third-order valence-corrected chi connectivity index (χ3v) is 5.06. The van der Waals surface area contributed by atoms with E-state index in [0.717, 1.165) is 24.1 Å². The van der Waals surface area contributed by atoms with E-state index in [4.69, 9.17) is 9.47 Å². The lowest BCUT2D eigenvalue weighted by molar-refractivity contribution is -0.155. The van der Waals surface area contributed by atoms with Gasteiger partial charge in [0.25, 0.3) is 0 Å². The van der Waals surface area contributed by atoms with Gasteiger partial charge in [0, 0.05) is 25.1 Å². The Morgan fingerprint density at radius 3 is 2.87 bits per heavy atom. The van der Waals surface area contributed by atoms with Crippen molar-refractivity contribution in [2.24, 2.45) is 0 Å². The molecule has 1 aromatic carbocycles. The molecule has 2 fully saturated rings. The second-order valence-corrected chi connectivity index (χ2v) is 6.47. The van der Waals surface area contributed by atoms with Gasteiger partial charge < -0.3 is 20.1 Å². The van der Waals surface area contributed by atoms with Crippen LogP contribution in [0.2, 0.25) is 0 Å². The van der Waals surface area contributed by atoms with Crippen molar-refractivity contribution in [3.63, 3.8) is 0 Å². The molecule has 1 amide bonds. The second kappa shape index (κ2) is 5.62. The molecule has 3 heterocycles. The second-order valence-electron chi connectivity index (χ2n) is 6.47. The van der Waals surface area contributed by atoms with Gasteiger partial charge in [0.2, 0.25) is 5.91 Å². The van der Waals surface area contributed by atoms with Gasteiger partial charge in [-0.3, -0.25) is 9.59 Å². The summed E-state index contributed by atoms with van der Waals surface area (Å²) < 4.78 is 10.9. The van der Waals surface area contributed by atoms with Crippen molar-refractivity contribution in [3.05, 3.63) is 29.8 Å². The highest BCUT2D eigenvalue weighted by Crippen LogP contribution is 2.43. The van der Waals surface area contributed by atoms with Crippen LogP contribution in [0.3, 0.4) is 0 Å². The Morgan fingerprint density at radius 2 is 2.04 bits per heavy atom. The Morgan fingerprint density at radius 1 is 1.26 bits per heavy atom. The Hall–Kier alpha value is -1.92. The molecule has 6 heteroatoms. The molecule has 3 aliphatic heterocycles. The largest absolute Gasteiger partial charge is 0.461 e. The van der Waals surface area contributed by atoms with Crippen LogP contribution in [0.1, 0.15) is 24.8 Å². The van der Waals surface area contributed by atoms with Crippen LogP contribution >= 0.6 is 0 Å². The molecule has 0 radical (unpaired) electrons. The average Bonchev–Trinajstić information content (AvgIpc) is 3.13. The molecule has 1 spiro atoms. The molecule has 0 bridgehead atoms. The van der Waals surface area contributed by atoms with E-state index in [1.807, 2.05) is 24.3 Å². The summed E-state index contributed by atoms with van der Waals surface area (Å²) in [6.07, 6.45) is 1.86. The van der Waals surface area contributed by atoms with Gasteiger partial charge in [0.15, 0.2) is 0 Å². The molecular formula is C17H20N2O4. The molecule has 23 heavy (non-hydrogen) atoms. The van der Waals surface area contributed by atoms with Gasteiger partial charge in [-0.15, -0.1) is 0 Å². The fourth-order valence-electron chi connectivity index (χ4n) is 3.75. The number of para-hydroxylation sites is 1. The van der Waals surface area contributed by atoms with Crippen LogP contribution in [-0.4, -0.2) is 43.8 Å². The number of fused-ring (bicyclic) bond motifs is 2. The number of rotatable bonds is 2. The van der Waals surface area contributed by atoms with Gasteiger partial charge >= 0.3 is 5.97 Å². The first-order valence-electron chi connectivity index (χ1n) is 8.12. The summed E-state index contributed by atoms with van der Waals surface area (Å²) in [5.41, 5.74) is 1.16. The van der Waals surface area contributed by atoms with Crippen molar-refractivity contribution in [2.45, 2.75) is 36.8 Å². The Balaban J connectivity index is 1.48. The van der Waals surface area contributed by atoms with Gasteiger partial charge in [-0.05, 0) is 18.1 Å².